The maximum Gasteiger partial charge on any atom is 0.191 e. The zero-order valence-electron chi connectivity index (χ0n) is 17.2. The zero-order valence-corrected chi connectivity index (χ0v) is 18.0. The molecular weight excluding hydrogens is 378 g/mol. The van der Waals surface area contributed by atoms with E-state index in [0.29, 0.717) is 0 Å². The van der Waals surface area contributed by atoms with Gasteiger partial charge in [-0.25, -0.2) is 4.98 Å². The van der Waals surface area contributed by atoms with Gasteiger partial charge in [0, 0.05) is 38.5 Å². The molecular formula is C23H29N5S. The highest BCUT2D eigenvalue weighted by molar-refractivity contribution is 7.13. The molecule has 1 fully saturated rings. The van der Waals surface area contributed by atoms with Crippen molar-refractivity contribution in [3.05, 3.63) is 59.1 Å². The second kappa shape index (κ2) is 9.27. The molecule has 1 unspecified atom stereocenters. The van der Waals surface area contributed by atoms with Gasteiger partial charge in [0.15, 0.2) is 11.1 Å². The van der Waals surface area contributed by atoms with Gasteiger partial charge < -0.3 is 15.5 Å². The Morgan fingerprint density at radius 2 is 1.97 bits per heavy atom. The van der Waals surface area contributed by atoms with Gasteiger partial charge in [0.2, 0.25) is 0 Å². The molecule has 0 radical (unpaired) electrons. The molecule has 0 aliphatic carbocycles. The summed E-state index contributed by atoms with van der Waals surface area (Å²) in [6.45, 7) is 5.28. The first-order valence-electron chi connectivity index (χ1n) is 10.4. The quantitative estimate of drug-likeness (QED) is 0.471. The zero-order chi connectivity index (χ0) is 20.1. The highest BCUT2D eigenvalue weighted by Crippen LogP contribution is 2.25. The van der Waals surface area contributed by atoms with E-state index < -0.39 is 0 Å². The van der Waals surface area contributed by atoms with E-state index in [1.165, 1.54) is 34.3 Å². The van der Waals surface area contributed by atoms with E-state index in [4.69, 9.17) is 4.98 Å². The number of guanidine groups is 1. The van der Waals surface area contributed by atoms with E-state index in [1.54, 1.807) is 11.3 Å². The van der Waals surface area contributed by atoms with Crippen molar-refractivity contribution in [2.24, 2.45) is 4.99 Å². The minimum Gasteiger partial charge on any atom is -0.356 e. The Hall–Kier alpha value is -2.60. The Morgan fingerprint density at radius 3 is 2.79 bits per heavy atom. The lowest BCUT2D eigenvalue weighted by Crippen LogP contribution is -2.39. The van der Waals surface area contributed by atoms with Crippen molar-refractivity contribution < 1.29 is 0 Å². The summed E-state index contributed by atoms with van der Waals surface area (Å²) in [5, 5.41) is 12.9. The molecule has 4 rings (SSSR count). The van der Waals surface area contributed by atoms with Crippen LogP contribution in [0.15, 0.2) is 52.8 Å². The lowest BCUT2D eigenvalue weighted by Gasteiger charge is -2.19. The van der Waals surface area contributed by atoms with Crippen LogP contribution in [0.3, 0.4) is 0 Å². The summed E-state index contributed by atoms with van der Waals surface area (Å²) in [5.74, 6) is 0.820. The van der Waals surface area contributed by atoms with E-state index >= 15 is 0 Å². The number of anilines is 1. The predicted molar refractivity (Wildman–Crippen MR) is 124 cm³/mol. The van der Waals surface area contributed by atoms with E-state index in [1.807, 2.05) is 7.05 Å². The Balaban J connectivity index is 1.32. The SMILES string of the molecule is CN=C(NCCc1csc(N2CCCC2)n1)NC(C)c1cccc2ccccc12. The normalized spacial score (nSPS) is 15.7. The minimum atomic E-state index is 0.161. The van der Waals surface area contributed by atoms with Gasteiger partial charge in [-0.2, -0.15) is 0 Å². The monoisotopic (exact) mass is 407 g/mol. The summed E-state index contributed by atoms with van der Waals surface area (Å²) in [6, 6.07) is 15.1. The van der Waals surface area contributed by atoms with Crippen molar-refractivity contribution in [2.45, 2.75) is 32.2 Å². The van der Waals surface area contributed by atoms with Crippen LogP contribution in [0, 0.1) is 0 Å². The number of nitrogens with zero attached hydrogens (tertiary/aromatic N) is 3. The van der Waals surface area contributed by atoms with E-state index in [-0.39, 0.29) is 6.04 Å². The van der Waals surface area contributed by atoms with E-state index in [2.05, 4.69) is 75.3 Å². The summed E-state index contributed by atoms with van der Waals surface area (Å²) in [6.07, 6.45) is 3.47. The molecule has 2 N–H and O–H groups in total. The number of thiazole rings is 1. The number of nitrogens with one attached hydrogen (secondary N) is 2. The molecule has 1 aliphatic rings. The molecule has 0 bridgehead atoms. The van der Waals surface area contributed by atoms with Crippen LogP contribution in [0.1, 0.15) is 37.1 Å². The number of hydrogen-bond acceptors (Lipinski definition) is 4. The Morgan fingerprint density at radius 1 is 1.17 bits per heavy atom. The smallest absolute Gasteiger partial charge is 0.191 e. The van der Waals surface area contributed by atoms with Gasteiger partial charge in [0.05, 0.1) is 11.7 Å². The van der Waals surface area contributed by atoms with Gasteiger partial charge in [-0.05, 0) is 36.1 Å². The first kappa shape index (κ1) is 19.7. The van der Waals surface area contributed by atoms with Crippen LogP contribution >= 0.6 is 11.3 Å². The van der Waals surface area contributed by atoms with Crippen LogP contribution in [-0.2, 0) is 6.42 Å². The molecule has 2 aromatic carbocycles. The Bertz CT molecular complexity index is 969. The van der Waals surface area contributed by atoms with Crippen molar-refractivity contribution in [3.8, 4) is 0 Å². The van der Waals surface area contributed by atoms with Gasteiger partial charge in [0.25, 0.3) is 0 Å². The average molecular weight is 408 g/mol. The fourth-order valence-electron chi connectivity index (χ4n) is 3.88. The number of hydrogen-bond donors (Lipinski definition) is 2. The highest BCUT2D eigenvalue weighted by Gasteiger charge is 2.15. The Labute approximate surface area is 176 Å². The molecule has 152 valence electrons. The van der Waals surface area contributed by atoms with Crippen molar-refractivity contribution in [3.63, 3.8) is 0 Å². The number of aliphatic imine (C=N–C) groups is 1. The van der Waals surface area contributed by atoms with Crippen molar-refractivity contribution in [1.29, 1.82) is 0 Å². The molecule has 1 saturated heterocycles. The molecule has 1 aromatic heterocycles. The van der Waals surface area contributed by atoms with Crippen molar-refractivity contribution in [1.82, 2.24) is 15.6 Å². The summed E-state index contributed by atoms with van der Waals surface area (Å²) in [4.78, 5) is 11.6. The van der Waals surface area contributed by atoms with Crippen LogP contribution in [0.5, 0.6) is 0 Å². The van der Waals surface area contributed by atoms with Gasteiger partial charge in [-0.1, -0.05) is 42.5 Å². The third kappa shape index (κ3) is 4.70. The maximum atomic E-state index is 4.80. The number of rotatable bonds is 6. The fourth-order valence-corrected chi connectivity index (χ4v) is 4.79. The first-order chi connectivity index (χ1) is 14.2. The summed E-state index contributed by atoms with van der Waals surface area (Å²) in [5.41, 5.74) is 2.43. The maximum absolute atomic E-state index is 4.80. The number of benzene rings is 2. The summed E-state index contributed by atoms with van der Waals surface area (Å²) >= 11 is 1.76. The summed E-state index contributed by atoms with van der Waals surface area (Å²) < 4.78 is 0. The third-order valence-electron chi connectivity index (χ3n) is 5.46. The van der Waals surface area contributed by atoms with Crippen LogP contribution in [0.2, 0.25) is 0 Å². The molecule has 29 heavy (non-hydrogen) atoms. The first-order valence-corrected chi connectivity index (χ1v) is 11.3. The van der Waals surface area contributed by atoms with Crippen LogP contribution in [0.4, 0.5) is 5.13 Å². The molecule has 6 heteroatoms. The molecule has 1 aliphatic heterocycles. The minimum absolute atomic E-state index is 0.161. The molecule has 3 aromatic rings. The molecule has 2 heterocycles. The number of aromatic nitrogens is 1. The molecule has 5 nitrogen and oxygen atoms in total. The topological polar surface area (TPSA) is 52.6 Å². The van der Waals surface area contributed by atoms with Gasteiger partial charge in [-0.15, -0.1) is 11.3 Å². The fraction of sp³-hybridized carbons (Fsp3) is 0.391. The van der Waals surface area contributed by atoms with Crippen LogP contribution < -0.4 is 15.5 Å². The number of fused-ring (bicyclic) bond motifs is 1. The molecule has 0 amide bonds. The largest absolute Gasteiger partial charge is 0.356 e. The van der Waals surface area contributed by atoms with Gasteiger partial charge >= 0.3 is 0 Å². The van der Waals surface area contributed by atoms with Crippen molar-refractivity contribution in [2.75, 3.05) is 31.6 Å². The molecule has 0 saturated carbocycles. The molecule has 0 spiro atoms. The standard InChI is InChI=1S/C23H29N5S/c1-17(20-11-7-9-18-8-3-4-10-21(18)20)26-22(24-2)25-13-12-19-16-29-23(27-19)28-14-5-6-15-28/h3-4,7-11,16-17H,5-6,12-15H2,1-2H3,(H2,24,25,26). The van der Waals surface area contributed by atoms with Crippen LogP contribution in [0.25, 0.3) is 10.8 Å². The van der Waals surface area contributed by atoms with E-state index in [0.717, 1.165) is 37.7 Å². The lowest BCUT2D eigenvalue weighted by molar-refractivity contribution is 0.687. The second-order valence-corrected chi connectivity index (χ2v) is 8.34. The summed E-state index contributed by atoms with van der Waals surface area (Å²) in [7, 11) is 1.82. The van der Waals surface area contributed by atoms with Crippen LogP contribution in [-0.4, -0.2) is 37.6 Å². The van der Waals surface area contributed by atoms with E-state index in [9.17, 15) is 0 Å². The predicted octanol–water partition coefficient (Wildman–Crippen LogP) is 4.37. The van der Waals surface area contributed by atoms with Gasteiger partial charge in [0.1, 0.15) is 0 Å². The Kier molecular flexibility index (Phi) is 6.30. The third-order valence-corrected chi connectivity index (χ3v) is 6.41. The lowest BCUT2D eigenvalue weighted by atomic mass is 10.00. The second-order valence-electron chi connectivity index (χ2n) is 7.50. The molecule has 1 atom stereocenters. The average Bonchev–Trinajstić information content (AvgIpc) is 3.44. The van der Waals surface area contributed by atoms with Gasteiger partial charge in [-0.3, -0.25) is 4.99 Å². The highest BCUT2D eigenvalue weighted by atomic mass is 32.1. The van der Waals surface area contributed by atoms with Crippen molar-refractivity contribution >= 4 is 33.2 Å².